The number of aromatic amines is 1. The molecular weight excluding hydrogens is 264 g/mol. The van der Waals surface area contributed by atoms with Crippen molar-refractivity contribution < 1.29 is 4.79 Å². The normalized spacial score (nSPS) is 25.3. The molecule has 1 saturated carbocycles. The van der Waals surface area contributed by atoms with E-state index in [2.05, 4.69) is 27.3 Å². The minimum atomic E-state index is -0.0624. The van der Waals surface area contributed by atoms with E-state index in [4.69, 9.17) is 0 Å². The quantitative estimate of drug-likeness (QED) is 0.892. The fourth-order valence-electron chi connectivity index (χ4n) is 3.46. The maximum Gasteiger partial charge on any atom is 0.271 e. The highest BCUT2D eigenvalue weighted by atomic mass is 16.2. The van der Waals surface area contributed by atoms with Gasteiger partial charge in [-0.25, -0.2) is 0 Å². The number of piperidine rings is 1. The molecule has 21 heavy (non-hydrogen) atoms. The zero-order chi connectivity index (χ0) is 14.8. The number of likely N-dealkylation sites (tertiary alicyclic amines) is 1. The van der Waals surface area contributed by atoms with Crippen LogP contribution in [0, 0.1) is 12.8 Å². The van der Waals surface area contributed by atoms with Gasteiger partial charge in [-0.3, -0.25) is 9.89 Å². The molecular formula is C16H26N4O. The van der Waals surface area contributed by atoms with Crippen LogP contribution in [0.15, 0.2) is 6.07 Å². The summed E-state index contributed by atoms with van der Waals surface area (Å²) in [6, 6.07) is 2.81. The van der Waals surface area contributed by atoms with E-state index in [0.29, 0.717) is 11.6 Å². The van der Waals surface area contributed by atoms with Crippen LogP contribution in [-0.2, 0) is 0 Å². The molecule has 116 valence electrons. The number of nitrogens with one attached hydrogen (secondary N) is 2. The van der Waals surface area contributed by atoms with Gasteiger partial charge in [0.15, 0.2) is 0 Å². The largest absolute Gasteiger partial charge is 0.348 e. The second-order valence-corrected chi connectivity index (χ2v) is 6.68. The fourth-order valence-corrected chi connectivity index (χ4v) is 3.46. The molecule has 0 aromatic carbocycles. The molecule has 2 fully saturated rings. The van der Waals surface area contributed by atoms with Crippen LogP contribution < -0.4 is 5.32 Å². The number of aromatic nitrogens is 2. The first-order valence-electron chi connectivity index (χ1n) is 8.20. The summed E-state index contributed by atoms with van der Waals surface area (Å²) in [7, 11) is 0. The molecule has 2 N–H and O–H groups in total. The molecule has 5 heteroatoms. The Labute approximate surface area is 126 Å². The Balaban J connectivity index is 1.54. The van der Waals surface area contributed by atoms with Gasteiger partial charge in [-0.15, -0.1) is 0 Å². The third-order valence-electron chi connectivity index (χ3n) is 5.08. The number of carbonyl (C=O) groups excluding carboxylic acids is 1. The van der Waals surface area contributed by atoms with Gasteiger partial charge in [0.05, 0.1) is 0 Å². The van der Waals surface area contributed by atoms with Gasteiger partial charge >= 0.3 is 0 Å². The maximum atomic E-state index is 12.2. The van der Waals surface area contributed by atoms with Gasteiger partial charge in [0.2, 0.25) is 0 Å². The van der Waals surface area contributed by atoms with Crippen LogP contribution in [-0.4, -0.2) is 46.2 Å². The van der Waals surface area contributed by atoms with Crippen molar-refractivity contribution in [2.24, 2.45) is 5.92 Å². The third kappa shape index (κ3) is 3.28. The molecule has 5 nitrogen and oxygen atoms in total. The lowest BCUT2D eigenvalue weighted by atomic mass is 9.85. The monoisotopic (exact) mass is 290 g/mol. The van der Waals surface area contributed by atoms with E-state index in [0.717, 1.165) is 18.3 Å². The lowest BCUT2D eigenvalue weighted by Crippen LogP contribution is -2.50. The summed E-state index contributed by atoms with van der Waals surface area (Å²) in [5.41, 5.74) is 1.41. The first-order valence-corrected chi connectivity index (χ1v) is 8.20. The Bertz CT molecular complexity index is 494. The third-order valence-corrected chi connectivity index (χ3v) is 5.08. The SMILES string of the molecule is Cc1cc(C(=O)N[C@@H](C)[C@@H]2CCCN(C3CCC3)C2)n[nH]1. The molecule has 2 atom stereocenters. The summed E-state index contributed by atoms with van der Waals surface area (Å²) in [5, 5.41) is 9.98. The minimum absolute atomic E-state index is 0.0624. The Hall–Kier alpha value is -1.36. The van der Waals surface area contributed by atoms with E-state index in [9.17, 15) is 4.79 Å². The molecule has 1 aliphatic carbocycles. The van der Waals surface area contributed by atoms with Crippen LogP contribution in [0.4, 0.5) is 0 Å². The predicted octanol–water partition coefficient (Wildman–Crippen LogP) is 2.10. The summed E-state index contributed by atoms with van der Waals surface area (Å²) in [5.74, 6) is 0.496. The minimum Gasteiger partial charge on any atom is -0.348 e. The summed E-state index contributed by atoms with van der Waals surface area (Å²) in [6.07, 6.45) is 6.57. The van der Waals surface area contributed by atoms with Crippen LogP contribution in [0.25, 0.3) is 0 Å². The number of amides is 1. The maximum absolute atomic E-state index is 12.2. The smallest absolute Gasteiger partial charge is 0.271 e. The van der Waals surface area contributed by atoms with Crippen molar-refractivity contribution in [1.82, 2.24) is 20.4 Å². The number of hydrogen-bond donors (Lipinski definition) is 2. The summed E-state index contributed by atoms with van der Waals surface area (Å²) in [4.78, 5) is 14.8. The first-order chi connectivity index (χ1) is 10.1. The van der Waals surface area contributed by atoms with E-state index < -0.39 is 0 Å². The predicted molar refractivity (Wildman–Crippen MR) is 82.2 cm³/mol. The van der Waals surface area contributed by atoms with E-state index in [1.54, 1.807) is 6.07 Å². The molecule has 0 spiro atoms. The molecule has 1 amide bonds. The Morgan fingerprint density at radius 3 is 2.86 bits per heavy atom. The number of nitrogens with zero attached hydrogens (tertiary/aromatic N) is 2. The van der Waals surface area contributed by atoms with Crippen LogP contribution in [0.3, 0.4) is 0 Å². The molecule has 0 bridgehead atoms. The molecule has 2 aliphatic rings. The second kappa shape index (κ2) is 6.18. The van der Waals surface area contributed by atoms with Crippen molar-refractivity contribution >= 4 is 5.91 Å². The van der Waals surface area contributed by atoms with Crippen LogP contribution in [0.2, 0.25) is 0 Å². The van der Waals surface area contributed by atoms with Crippen LogP contribution in [0.1, 0.15) is 55.2 Å². The van der Waals surface area contributed by atoms with Gasteiger partial charge in [0, 0.05) is 24.3 Å². The van der Waals surface area contributed by atoms with Gasteiger partial charge < -0.3 is 10.2 Å². The average molecular weight is 290 g/mol. The van der Waals surface area contributed by atoms with Crippen molar-refractivity contribution in [2.45, 2.75) is 58.0 Å². The molecule has 1 saturated heterocycles. The average Bonchev–Trinajstić information content (AvgIpc) is 2.84. The lowest BCUT2D eigenvalue weighted by molar-refractivity contribution is 0.0634. The van der Waals surface area contributed by atoms with Crippen molar-refractivity contribution in [3.05, 3.63) is 17.5 Å². The topological polar surface area (TPSA) is 61.0 Å². The van der Waals surface area contributed by atoms with Crippen molar-refractivity contribution in [2.75, 3.05) is 13.1 Å². The van der Waals surface area contributed by atoms with E-state index in [-0.39, 0.29) is 11.9 Å². The summed E-state index contributed by atoms with van der Waals surface area (Å²) < 4.78 is 0. The van der Waals surface area contributed by atoms with Crippen molar-refractivity contribution in [1.29, 1.82) is 0 Å². The fraction of sp³-hybridized carbons (Fsp3) is 0.750. The van der Waals surface area contributed by atoms with Gasteiger partial charge in [0.25, 0.3) is 5.91 Å². The highest BCUT2D eigenvalue weighted by Crippen LogP contribution is 2.30. The van der Waals surface area contributed by atoms with Crippen molar-refractivity contribution in [3.63, 3.8) is 0 Å². The molecule has 0 radical (unpaired) electrons. The van der Waals surface area contributed by atoms with Crippen LogP contribution >= 0.6 is 0 Å². The number of aryl methyl sites for hydroxylation is 1. The molecule has 0 unspecified atom stereocenters. The second-order valence-electron chi connectivity index (χ2n) is 6.68. The van der Waals surface area contributed by atoms with Crippen LogP contribution in [0.5, 0.6) is 0 Å². The first kappa shape index (κ1) is 14.6. The standard InChI is InChI=1S/C16H26N4O/c1-11-9-15(19-18-11)16(21)17-12(2)13-5-4-8-20(10-13)14-6-3-7-14/h9,12-14H,3-8,10H2,1-2H3,(H,17,21)(H,18,19)/t12-,13+/m0/s1. The molecule has 1 aliphatic heterocycles. The Kier molecular flexibility index (Phi) is 4.29. The molecule has 3 rings (SSSR count). The summed E-state index contributed by atoms with van der Waals surface area (Å²) in [6.45, 7) is 6.41. The van der Waals surface area contributed by atoms with Gasteiger partial charge in [0.1, 0.15) is 5.69 Å². The highest BCUT2D eigenvalue weighted by molar-refractivity contribution is 5.92. The molecule has 2 heterocycles. The number of hydrogen-bond acceptors (Lipinski definition) is 3. The lowest BCUT2D eigenvalue weighted by Gasteiger charge is -2.43. The van der Waals surface area contributed by atoms with E-state index >= 15 is 0 Å². The zero-order valence-electron chi connectivity index (χ0n) is 13.1. The highest BCUT2D eigenvalue weighted by Gasteiger charge is 2.32. The number of rotatable bonds is 4. The van der Waals surface area contributed by atoms with Gasteiger partial charge in [-0.2, -0.15) is 5.10 Å². The van der Waals surface area contributed by atoms with Gasteiger partial charge in [-0.05, 0) is 58.1 Å². The zero-order valence-corrected chi connectivity index (χ0v) is 13.1. The Morgan fingerprint density at radius 2 is 2.24 bits per heavy atom. The number of carbonyl (C=O) groups is 1. The Morgan fingerprint density at radius 1 is 1.43 bits per heavy atom. The van der Waals surface area contributed by atoms with E-state index in [1.165, 1.54) is 38.6 Å². The summed E-state index contributed by atoms with van der Waals surface area (Å²) >= 11 is 0. The molecule has 1 aromatic heterocycles. The molecule has 1 aromatic rings. The van der Waals surface area contributed by atoms with Gasteiger partial charge in [-0.1, -0.05) is 6.42 Å². The number of H-pyrrole nitrogens is 1. The van der Waals surface area contributed by atoms with Crippen molar-refractivity contribution in [3.8, 4) is 0 Å². The van der Waals surface area contributed by atoms with E-state index in [1.807, 2.05) is 6.92 Å².